The van der Waals surface area contributed by atoms with E-state index in [9.17, 15) is 0 Å². The van der Waals surface area contributed by atoms with Crippen LogP contribution in [0.4, 0.5) is 0 Å². The van der Waals surface area contributed by atoms with Crippen molar-refractivity contribution < 1.29 is 0 Å². The van der Waals surface area contributed by atoms with E-state index in [1.807, 2.05) is 0 Å². The Morgan fingerprint density at radius 2 is 1.62 bits per heavy atom. The molecule has 0 bridgehead atoms. The molecule has 0 radical (unpaired) electrons. The lowest BCUT2D eigenvalue weighted by Gasteiger charge is -2.17. The summed E-state index contributed by atoms with van der Waals surface area (Å²) in [5.74, 6) is 0.760. The molecule has 0 aliphatic rings. The largest absolute Gasteiger partial charge is 0.314 e. The monoisotopic (exact) mass is 207 g/mol. The summed E-state index contributed by atoms with van der Waals surface area (Å²) in [4.78, 5) is 0. The van der Waals surface area contributed by atoms with E-state index in [1.54, 1.807) is 0 Å². The molecule has 1 nitrogen and oxygen atoms in total. The molecule has 0 heterocycles. The highest BCUT2D eigenvalue weighted by atomic mass is 35.5. The molecule has 0 spiro atoms. The Labute approximate surface area is 90.1 Å². The Kier molecular flexibility index (Phi) is 12.5. The van der Waals surface area contributed by atoms with Gasteiger partial charge in [-0.2, -0.15) is 0 Å². The van der Waals surface area contributed by atoms with E-state index in [4.69, 9.17) is 0 Å². The van der Waals surface area contributed by atoms with Crippen LogP contribution in [-0.4, -0.2) is 12.6 Å². The lowest BCUT2D eigenvalue weighted by atomic mass is 10.1. The predicted octanol–water partition coefficient (Wildman–Crippen LogP) is 3.62. The third-order valence-electron chi connectivity index (χ3n) is 2.50. The fourth-order valence-corrected chi connectivity index (χ4v) is 1.12. The second-order valence-electron chi connectivity index (χ2n) is 4.05. The van der Waals surface area contributed by atoms with Gasteiger partial charge >= 0.3 is 0 Å². The van der Waals surface area contributed by atoms with Crippen LogP contribution in [0.5, 0.6) is 0 Å². The second kappa shape index (κ2) is 10.3. The van der Waals surface area contributed by atoms with Gasteiger partial charge in [0, 0.05) is 6.04 Å². The smallest absolute Gasteiger partial charge is 0.00617 e. The van der Waals surface area contributed by atoms with Crippen molar-refractivity contribution >= 4 is 12.4 Å². The Morgan fingerprint density at radius 3 is 2.08 bits per heavy atom. The average molecular weight is 208 g/mol. The van der Waals surface area contributed by atoms with Crippen LogP contribution in [0.15, 0.2) is 0 Å². The first-order valence-corrected chi connectivity index (χ1v) is 5.41. The maximum atomic E-state index is 3.54. The molecule has 0 aromatic carbocycles. The first-order valence-electron chi connectivity index (χ1n) is 5.41. The van der Waals surface area contributed by atoms with Crippen LogP contribution in [0.25, 0.3) is 0 Å². The Bertz CT molecular complexity index is 94.1. The fourth-order valence-electron chi connectivity index (χ4n) is 1.12. The Hall–Kier alpha value is 0.250. The summed E-state index contributed by atoms with van der Waals surface area (Å²) in [6.07, 6.45) is 5.44. The molecule has 82 valence electrons. The first kappa shape index (κ1) is 15.7. The topological polar surface area (TPSA) is 12.0 Å². The van der Waals surface area contributed by atoms with Crippen molar-refractivity contribution in [2.45, 2.75) is 59.4 Å². The van der Waals surface area contributed by atoms with Gasteiger partial charge in [0.2, 0.25) is 0 Å². The summed E-state index contributed by atoms with van der Waals surface area (Å²) in [6, 6.07) is 0.673. The maximum absolute atomic E-state index is 3.54. The third kappa shape index (κ3) is 10.2. The zero-order chi connectivity index (χ0) is 9.40. The van der Waals surface area contributed by atoms with Crippen LogP contribution in [0.2, 0.25) is 0 Å². The number of hydrogen-bond donors (Lipinski definition) is 1. The quantitative estimate of drug-likeness (QED) is 0.629. The van der Waals surface area contributed by atoms with E-state index in [0.29, 0.717) is 6.04 Å². The fraction of sp³-hybridized carbons (Fsp3) is 1.00. The van der Waals surface area contributed by atoms with Gasteiger partial charge in [0.05, 0.1) is 0 Å². The SMILES string of the molecule is CCCCCCNC(C)C(C)C.Cl. The van der Waals surface area contributed by atoms with Gasteiger partial charge in [-0.3, -0.25) is 0 Å². The van der Waals surface area contributed by atoms with Gasteiger partial charge in [-0.15, -0.1) is 12.4 Å². The zero-order valence-corrected chi connectivity index (χ0v) is 10.4. The van der Waals surface area contributed by atoms with Crippen molar-refractivity contribution in [1.82, 2.24) is 5.32 Å². The van der Waals surface area contributed by atoms with E-state index in [1.165, 1.54) is 32.2 Å². The summed E-state index contributed by atoms with van der Waals surface area (Å²) >= 11 is 0. The molecule has 0 fully saturated rings. The molecule has 0 aliphatic heterocycles. The Morgan fingerprint density at radius 1 is 1.00 bits per heavy atom. The van der Waals surface area contributed by atoms with Gasteiger partial charge < -0.3 is 5.32 Å². The van der Waals surface area contributed by atoms with E-state index in [2.05, 4.69) is 33.0 Å². The van der Waals surface area contributed by atoms with Gasteiger partial charge in [0.1, 0.15) is 0 Å². The minimum absolute atomic E-state index is 0. The standard InChI is InChI=1S/C11H25N.ClH/c1-5-6-7-8-9-12-11(4)10(2)3;/h10-12H,5-9H2,1-4H3;1H. The first-order chi connectivity index (χ1) is 5.68. The summed E-state index contributed by atoms with van der Waals surface area (Å²) in [7, 11) is 0. The molecular weight excluding hydrogens is 182 g/mol. The van der Waals surface area contributed by atoms with Gasteiger partial charge in [-0.25, -0.2) is 0 Å². The van der Waals surface area contributed by atoms with E-state index >= 15 is 0 Å². The van der Waals surface area contributed by atoms with Crippen molar-refractivity contribution in [3.05, 3.63) is 0 Å². The second-order valence-corrected chi connectivity index (χ2v) is 4.05. The highest BCUT2D eigenvalue weighted by molar-refractivity contribution is 5.85. The van der Waals surface area contributed by atoms with Gasteiger partial charge in [0.15, 0.2) is 0 Å². The lowest BCUT2D eigenvalue weighted by Crippen LogP contribution is -2.31. The van der Waals surface area contributed by atoms with Crippen molar-refractivity contribution in [3.8, 4) is 0 Å². The van der Waals surface area contributed by atoms with Crippen molar-refractivity contribution in [3.63, 3.8) is 0 Å². The minimum Gasteiger partial charge on any atom is -0.314 e. The van der Waals surface area contributed by atoms with E-state index < -0.39 is 0 Å². The molecule has 0 aromatic rings. The molecule has 2 heteroatoms. The number of hydrogen-bond acceptors (Lipinski definition) is 1. The molecule has 13 heavy (non-hydrogen) atoms. The van der Waals surface area contributed by atoms with Crippen LogP contribution >= 0.6 is 12.4 Å². The van der Waals surface area contributed by atoms with Crippen LogP contribution < -0.4 is 5.32 Å². The van der Waals surface area contributed by atoms with Gasteiger partial charge in [-0.1, -0.05) is 40.0 Å². The van der Waals surface area contributed by atoms with Crippen molar-refractivity contribution in [1.29, 1.82) is 0 Å². The third-order valence-corrected chi connectivity index (χ3v) is 2.50. The molecule has 0 rings (SSSR count). The van der Waals surface area contributed by atoms with Crippen LogP contribution in [-0.2, 0) is 0 Å². The molecule has 0 aliphatic carbocycles. The maximum Gasteiger partial charge on any atom is 0.00617 e. The summed E-state index contributed by atoms with van der Waals surface area (Å²) < 4.78 is 0. The summed E-state index contributed by atoms with van der Waals surface area (Å²) in [5, 5.41) is 3.54. The molecule has 0 amide bonds. The van der Waals surface area contributed by atoms with Crippen LogP contribution in [0.1, 0.15) is 53.4 Å². The van der Waals surface area contributed by atoms with Crippen LogP contribution in [0, 0.1) is 5.92 Å². The highest BCUT2D eigenvalue weighted by Crippen LogP contribution is 2.01. The predicted molar refractivity (Wildman–Crippen MR) is 63.7 cm³/mol. The van der Waals surface area contributed by atoms with Crippen molar-refractivity contribution in [2.24, 2.45) is 5.92 Å². The van der Waals surface area contributed by atoms with Crippen LogP contribution in [0.3, 0.4) is 0 Å². The summed E-state index contributed by atoms with van der Waals surface area (Å²) in [5.41, 5.74) is 0. The molecule has 0 aromatic heterocycles. The van der Waals surface area contributed by atoms with Crippen molar-refractivity contribution in [2.75, 3.05) is 6.54 Å². The lowest BCUT2D eigenvalue weighted by molar-refractivity contribution is 0.420. The zero-order valence-electron chi connectivity index (χ0n) is 9.60. The summed E-state index contributed by atoms with van der Waals surface area (Å²) in [6.45, 7) is 10.3. The molecule has 1 unspecified atom stereocenters. The number of rotatable bonds is 7. The van der Waals surface area contributed by atoms with Gasteiger partial charge in [-0.05, 0) is 25.8 Å². The highest BCUT2D eigenvalue weighted by Gasteiger charge is 2.03. The average Bonchev–Trinajstić information content (AvgIpc) is 2.03. The van der Waals surface area contributed by atoms with E-state index in [0.717, 1.165) is 5.92 Å². The van der Waals surface area contributed by atoms with Gasteiger partial charge in [0.25, 0.3) is 0 Å². The molecular formula is C11H26ClN. The molecule has 1 N–H and O–H groups in total. The number of nitrogens with one attached hydrogen (secondary N) is 1. The van der Waals surface area contributed by atoms with E-state index in [-0.39, 0.29) is 12.4 Å². The molecule has 0 saturated carbocycles. The minimum atomic E-state index is 0. The molecule has 0 saturated heterocycles. The number of unbranched alkanes of at least 4 members (excludes halogenated alkanes) is 3. The number of halogens is 1. The Balaban J connectivity index is 0. The normalized spacial score (nSPS) is 12.7. The molecule has 1 atom stereocenters.